The van der Waals surface area contributed by atoms with Gasteiger partial charge in [-0.25, -0.2) is 0 Å². The lowest BCUT2D eigenvalue weighted by Gasteiger charge is -2.29. The summed E-state index contributed by atoms with van der Waals surface area (Å²) in [7, 11) is 0. The molecule has 1 aromatic heterocycles. The molecule has 3 heterocycles. The second-order valence-corrected chi connectivity index (χ2v) is 14.2. The Bertz CT molecular complexity index is 2210. The Labute approximate surface area is 328 Å². The van der Waals surface area contributed by atoms with Crippen LogP contribution < -0.4 is 26.6 Å². The van der Waals surface area contributed by atoms with Gasteiger partial charge in [0.1, 0.15) is 17.5 Å². The van der Waals surface area contributed by atoms with Gasteiger partial charge in [-0.1, -0.05) is 49.3 Å². The van der Waals surface area contributed by atoms with Crippen LogP contribution >= 0.6 is 0 Å². The topological polar surface area (TPSA) is 232 Å². The number of nitrogens with one attached hydrogen (secondary N) is 5. The van der Waals surface area contributed by atoms with Gasteiger partial charge in [0.25, 0.3) is 11.8 Å². The molecule has 298 valence electrons. The minimum atomic E-state index is -0.771. The molecule has 1 fully saturated rings. The van der Waals surface area contributed by atoms with Gasteiger partial charge in [-0.3, -0.25) is 34.1 Å². The molecule has 0 spiro atoms. The molecule has 0 bridgehead atoms. The van der Waals surface area contributed by atoms with Gasteiger partial charge in [0.15, 0.2) is 11.5 Å². The Morgan fingerprint density at radius 1 is 0.947 bits per heavy atom. The van der Waals surface area contributed by atoms with Gasteiger partial charge in [0.2, 0.25) is 23.6 Å². The molecule has 0 aliphatic carbocycles. The number of benzene rings is 3. The number of phenolic OH excluding ortho intramolecular Hbond substituents is 2. The van der Waals surface area contributed by atoms with E-state index < -0.39 is 23.8 Å². The van der Waals surface area contributed by atoms with Crippen molar-refractivity contribution < 1.29 is 43.5 Å². The van der Waals surface area contributed by atoms with Crippen molar-refractivity contribution in [1.29, 1.82) is 0 Å². The molecule has 57 heavy (non-hydrogen) atoms. The third-order valence-electron chi connectivity index (χ3n) is 9.89. The van der Waals surface area contributed by atoms with Crippen molar-refractivity contribution in [2.75, 3.05) is 25.0 Å². The average molecular weight is 780 g/mol. The lowest BCUT2D eigenvalue weighted by Crippen LogP contribution is -2.52. The number of carbonyl (C=O) groups is 6. The molecule has 16 nitrogen and oxygen atoms in total. The molecule has 4 aromatic rings. The minimum Gasteiger partial charge on any atom is -0.508 e. The van der Waals surface area contributed by atoms with Crippen LogP contribution in [-0.2, 0) is 32.3 Å². The summed E-state index contributed by atoms with van der Waals surface area (Å²) in [5.74, 6) is -2.51. The molecule has 16 heteroatoms. The zero-order chi connectivity index (χ0) is 40.8. The van der Waals surface area contributed by atoms with E-state index >= 15 is 0 Å². The van der Waals surface area contributed by atoms with Crippen LogP contribution in [0.1, 0.15) is 89.9 Å². The van der Waals surface area contributed by atoms with Crippen molar-refractivity contribution in [1.82, 2.24) is 31.3 Å². The van der Waals surface area contributed by atoms with Crippen LogP contribution in [-0.4, -0.2) is 81.4 Å². The fourth-order valence-electron chi connectivity index (χ4n) is 6.92. The third-order valence-corrected chi connectivity index (χ3v) is 9.89. The third kappa shape index (κ3) is 8.96. The van der Waals surface area contributed by atoms with E-state index in [1.54, 1.807) is 31.2 Å². The normalized spacial score (nSPS) is 15.1. The first kappa shape index (κ1) is 40.1. The lowest BCUT2D eigenvalue weighted by molar-refractivity contribution is -0.137. The lowest BCUT2D eigenvalue weighted by atomic mass is 9.94. The molecule has 0 saturated carbocycles. The highest BCUT2D eigenvalue weighted by atomic mass is 16.5. The number of imide groups is 1. The first-order chi connectivity index (χ1) is 27.4. The highest BCUT2D eigenvalue weighted by Crippen LogP contribution is 2.43. The standard InChI is InChI=1S/C41H45N7O9/c1-4-43-40(55)37-36(38(57-47-37)27-18-26(22(2)3)31(49)19-32(27)50)24-10-8-23(9-11-24)20-42-16-17-44-33(51)14-15-34(52)45-29-7-5-6-25-28(29)21-48(41(25)56)30-12-13-35(53)46-39(30)54/h5-11,18-19,22,30,42,49-50H,4,12-17,20-21H2,1-3H3,(H,43,55)(H,44,51)(H,45,52)(H,46,53,54). The molecule has 2 aliphatic heterocycles. The molecule has 7 N–H and O–H groups in total. The number of piperidine rings is 1. The van der Waals surface area contributed by atoms with Gasteiger partial charge in [-0.05, 0) is 54.2 Å². The van der Waals surface area contributed by atoms with Crippen LogP contribution in [0, 0.1) is 0 Å². The summed E-state index contributed by atoms with van der Waals surface area (Å²) in [5, 5.41) is 39.0. The Balaban J connectivity index is 0.982. The van der Waals surface area contributed by atoms with Crippen molar-refractivity contribution in [3.63, 3.8) is 0 Å². The first-order valence-corrected chi connectivity index (χ1v) is 18.8. The summed E-state index contributed by atoms with van der Waals surface area (Å²) in [6.45, 7) is 7.33. The first-order valence-electron chi connectivity index (χ1n) is 18.8. The maximum atomic E-state index is 13.1. The number of phenols is 2. The van der Waals surface area contributed by atoms with Crippen LogP contribution in [0.15, 0.2) is 59.1 Å². The summed E-state index contributed by atoms with van der Waals surface area (Å²) in [6.07, 6.45) is 0.238. The predicted octanol–water partition coefficient (Wildman–Crippen LogP) is 3.68. The molecule has 1 unspecified atom stereocenters. The SMILES string of the molecule is CCNC(=O)c1noc(-c2cc(C(C)C)c(O)cc2O)c1-c1ccc(CNCCNC(=O)CCC(=O)Nc2cccc3c2CN(C2CCC(=O)NC2=O)C3=O)cc1. The van der Waals surface area contributed by atoms with E-state index in [-0.39, 0.29) is 78.8 Å². The van der Waals surface area contributed by atoms with Crippen LogP contribution in [0.4, 0.5) is 5.69 Å². The van der Waals surface area contributed by atoms with E-state index in [9.17, 15) is 39.0 Å². The molecular formula is C41H45N7O9. The summed E-state index contributed by atoms with van der Waals surface area (Å²) < 4.78 is 5.65. The van der Waals surface area contributed by atoms with Crippen LogP contribution in [0.2, 0.25) is 0 Å². The van der Waals surface area contributed by atoms with Crippen molar-refractivity contribution in [2.45, 2.75) is 71.5 Å². The fourth-order valence-corrected chi connectivity index (χ4v) is 6.92. The fraction of sp³-hybridized carbons (Fsp3) is 0.341. The number of amides is 6. The number of hydrogen-bond donors (Lipinski definition) is 7. The van der Waals surface area contributed by atoms with Crippen molar-refractivity contribution in [3.05, 3.63) is 82.5 Å². The Kier molecular flexibility index (Phi) is 12.3. The van der Waals surface area contributed by atoms with E-state index in [4.69, 9.17) is 4.52 Å². The molecule has 6 rings (SSSR count). The number of aromatic nitrogens is 1. The average Bonchev–Trinajstić information content (AvgIpc) is 3.76. The second-order valence-electron chi connectivity index (χ2n) is 14.2. The van der Waals surface area contributed by atoms with Crippen LogP contribution in [0.25, 0.3) is 22.5 Å². The maximum absolute atomic E-state index is 13.1. The highest BCUT2D eigenvalue weighted by molar-refractivity contribution is 6.07. The minimum absolute atomic E-state index is 0.0481. The number of carbonyl (C=O) groups excluding carboxylic acids is 6. The zero-order valence-electron chi connectivity index (χ0n) is 31.9. The summed E-state index contributed by atoms with van der Waals surface area (Å²) in [4.78, 5) is 76.7. The molecule has 1 saturated heterocycles. The molecule has 3 aromatic carbocycles. The smallest absolute Gasteiger partial charge is 0.274 e. The van der Waals surface area contributed by atoms with Gasteiger partial charge in [0, 0.05) is 74.9 Å². The largest absolute Gasteiger partial charge is 0.508 e. The molecule has 1 atom stereocenters. The highest BCUT2D eigenvalue weighted by Gasteiger charge is 2.40. The van der Waals surface area contributed by atoms with Crippen LogP contribution in [0.5, 0.6) is 11.5 Å². The molecule has 6 amide bonds. The van der Waals surface area contributed by atoms with Crippen molar-refractivity contribution in [2.24, 2.45) is 0 Å². The zero-order valence-corrected chi connectivity index (χ0v) is 31.9. The number of fused-ring (bicyclic) bond motifs is 1. The van der Waals surface area contributed by atoms with Gasteiger partial charge < -0.3 is 40.9 Å². The molecular weight excluding hydrogens is 734 g/mol. The number of rotatable bonds is 15. The maximum Gasteiger partial charge on any atom is 0.274 e. The van der Waals surface area contributed by atoms with Crippen molar-refractivity contribution >= 4 is 41.1 Å². The molecule has 0 radical (unpaired) electrons. The van der Waals surface area contributed by atoms with E-state index in [1.165, 1.54) is 11.0 Å². The van der Waals surface area contributed by atoms with E-state index in [2.05, 4.69) is 31.7 Å². The Morgan fingerprint density at radius 3 is 2.42 bits per heavy atom. The number of anilines is 1. The van der Waals surface area contributed by atoms with Crippen LogP contribution in [0.3, 0.4) is 0 Å². The second kappa shape index (κ2) is 17.5. The number of hydrogen-bond acceptors (Lipinski definition) is 11. The van der Waals surface area contributed by atoms with Gasteiger partial charge in [0.05, 0.1) is 11.1 Å². The number of nitrogens with zero attached hydrogens (tertiary/aromatic N) is 2. The monoisotopic (exact) mass is 779 g/mol. The molecule has 2 aliphatic rings. The summed E-state index contributed by atoms with van der Waals surface area (Å²) >= 11 is 0. The van der Waals surface area contributed by atoms with Gasteiger partial charge in [-0.2, -0.15) is 0 Å². The van der Waals surface area contributed by atoms with Gasteiger partial charge in [-0.15, -0.1) is 0 Å². The quantitative estimate of drug-likeness (QED) is 0.0680. The van der Waals surface area contributed by atoms with E-state index in [0.29, 0.717) is 65.2 Å². The number of aromatic hydroxyl groups is 2. The predicted molar refractivity (Wildman–Crippen MR) is 208 cm³/mol. The van der Waals surface area contributed by atoms with Gasteiger partial charge >= 0.3 is 0 Å². The Morgan fingerprint density at radius 2 is 1.70 bits per heavy atom. The summed E-state index contributed by atoms with van der Waals surface area (Å²) in [6, 6.07) is 14.4. The Hall–Kier alpha value is -6.55. The van der Waals surface area contributed by atoms with E-state index in [1.807, 2.05) is 38.1 Å². The van der Waals surface area contributed by atoms with Crippen molar-refractivity contribution in [3.8, 4) is 33.9 Å². The van der Waals surface area contributed by atoms with E-state index in [0.717, 1.165) is 5.56 Å². The summed E-state index contributed by atoms with van der Waals surface area (Å²) in [5.41, 5.74) is 4.28.